The molecule has 5 rings (SSSR count). The molecule has 3 heterocycles. The van der Waals surface area contributed by atoms with Crippen molar-refractivity contribution < 1.29 is 14.6 Å². The number of nitrogens with one attached hydrogen (secondary N) is 1. The van der Waals surface area contributed by atoms with Crippen molar-refractivity contribution in [2.75, 3.05) is 13.7 Å². The van der Waals surface area contributed by atoms with E-state index < -0.39 is 17.0 Å². The van der Waals surface area contributed by atoms with Crippen LogP contribution < -0.4 is 21.3 Å². The third-order valence-corrected chi connectivity index (χ3v) is 6.47. The molecule has 0 spiro atoms. The lowest BCUT2D eigenvalue weighted by atomic mass is 9.99. The molecule has 2 fully saturated rings. The number of hydrogen-bond donors (Lipinski definition) is 2. The fraction of sp³-hybridized carbons (Fsp3) is 0.417. The number of aromatic nitrogens is 2. The lowest BCUT2D eigenvalue weighted by Gasteiger charge is -2.25. The van der Waals surface area contributed by atoms with Crippen LogP contribution in [0.1, 0.15) is 24.8 Å². The van der Waals surface area contributed by atoms with Crippen molar-refractivity contribution in [2.45, 2.75) is 50.3 Å². The standard InChI is InChI=1S/C24H27N3O5/c1-31-17-10-8-16(9-11-17)14-26-20-6-3-2-5-18(20)22(28)27(23(26)29)15-24(30)13-19-21(32-24)7-4-12-25-19/h2-3,5-6,8-11,19,21,25,30H,4,7,12-15H2,1H3/t19-,21-,24?/m0/s1. The van der Waals surface area contributed by atoms with Crippen molar-refractivity contribution in [3.8, 4) is 5.75 Å². The number of methoxy groups -OCH3 is 1. The Morgan fingerprint density at radius 2 is 1.94 bits per heavy atom. The lowest BCUT2D eigenvalue weighted by molar-refractivity contribution is -0.202. The summed E-state index contributed by atoms with van der Waals surface area (Å²) in [6.45, 7) is 0.966. The molecule has 2 aromatic carbocycles. The summed E-state index contributed by atoms with van der Waals surface area (Å²) >= 11 is 0. The molecule has 168 valence electrons. The highest BCUT2D eigenvalue weighted by Crippen LogP contribution is 2.33. The summed E-state index contributed by atoms with van der Waals surface area (Å²) in [5.74, 6) is -0.831. The minimum atomic E-state index is -1.56. The molecule has 3 atom stereocenters. The van der Waals surface area contributed by atoms with Crippen LogP contribution in [0, 0.1) is 0 Å². The van der Waals surface area contributed by atoms with E-state index in [9.17, 15) is 14.7 Å². The van der Waals surface area contributed by atoms with Crippen LogP contribution in [-0.4, -0.2) is 45.8 Å². The maximum Gasteiger partial charge on any atom is 0.331 e. The smallest absolute Gasteiger partial charge is 0.331 e. The van der Waals surface area contributed by atoms with Gasteiger partial charge in [0.2, 0.25) is 0 Å². The molecule has 2 aliphatic heterocycles. The highest BCUT2D eigenvalue weighted by Gasteiger charge is 2.46. The topological polar surface area (TPSA) is 94.7 Å². The summed E-state index contributed by atoms with van der Waals surface area (Å²) in [7, 11) is 1.60. The van der Waals surface area contributed by atoms with Gasteiger partial charge in [-0.3, -0.25) is 13.9 Å². The first-order chi connectivity index (χ1) is 15.5. The van der Waals surface area contributed by atoms with E-state index in [-0.39, 0.29) is 25.2 Å². The predicted octanol–water partition coefficient (Wildman–Crippen LogP) is 1.45. The van der Waals surface area contributed by atoms with Gasteiger partial charge in [0.15, 0.2) is 5.79 Å². The van der Waals surface area contributed by atoms with Crippen molar-refractivity contribution in [1.82, 2.24) is 14.5 Å². The van der Waals surface area contributed by atoms with E-state index >= 15 is 0 Å². The summed E-state index contributed by atoms with van der Waals surface area (Å²) in [5, 5.41) is 14.9. The number of hydrogen-bond acceptors (Lipinski definition) is 6. The fourth-order valence-corrected chi connectivity index (χ4v) is 4.87. The molecular weight excluding hydrogens is 410 g/mol. The minimum absolute atomic E-state index is 0.0337. The molecule has 0 aliphatic carbocycles. The van der Waals surface area contributed by atoms with Crippen molar-refractivity contribution in [3.05, 3.63) is 74.9 Å². The molecule has 1 unspecified atom stereocenters. The molecule has 1 aromatic heterocycles. The molecule has 0 radical (unpaired) electrons. The van der Waals surface area contributed by atoms with Crippen LogP contribution in [0.2, 0.25) is 0 Å². The largest absolute Gasteiger partial charge is 0.497 e. The molecule has 0 bridgehead atoms. The number of piperidine rings is 1. The first kappa shape index (κ1) is 20.9. The van der Waals surface area contributed by atoms with Gasteiger partial charge in [0.1, 0.15) is 5.75 Å². The maximum absolute atomic E-state index is 13.5. The monoisotopic (exact) mass is 437 g/mol. The predicted molar refractivity (Wildman–Crippen MR) is 120 cm³/mol. The number of nitrogens with zero attached hydrogens (tertiary/aromatic N) is 2. The Bertz CT molecular complexity index is 1230. The van der Waals surface area contributed by atoms with E-state index in [4.69, 9.17) is 9.47 Å². The number of ether oxygens (including phenoxy) is 2. The van der Waals surface area contributed by atoms with E-state index in [0.717, 1.165) is 35.3 Å². The van der Waals surface area contributed by atoms with Crippen molar-refractivity contribution in [3.63, 3.8) is 0 Å². The SMILES string of the molecule is COc1ccc(Cn2c(=O)n(CC3(O)C[C@@H]4NCCC[C@@H]4O3)c(=O)c3ccccc32)cc1. The van der Waals surface area contributed by atoms with Gasteiger partial charge in [-0.2, -0.15) is 0 Å². The number of aliphatic hydroxyl groups is 1. The maximum atomic E-state index is 13.5. The van der Waals surface area contributed by atoms with Gasteiger partial charge < -0.3 is 19.9 Å². The van der Waals surface area contributed by atoms with E-state index in [1.54, 1.807) is 35.9 Å². The van der Waals surface area contributed by atoms with Gasteiger partial charge in [0.25, 0.3) is 5.56 Å². The van der Waals surface area contributed by atoms with Crippen molar-refractivity contribution in [1.29, 1.82) is 0 Å². The van der Waals surface area contributed by atoms with Crippen LogP contribution in [-0.2, 0) is 17.8 Å². The Balaban J connectivity index is 1.56. The Morgan fingerprint density at radius 3 is 2.69 bits per heavy atom. The molecule has 2 saturated heterocycles. The quantitative estimate of drug-likeness (QED) is 0.628. The molecule has 32 heavy (non-hydrogen) atoms. The second kappa shape index (κ2) is 8.20. The van der Waals surface area contributed by atoms with Crippen LogP contribution >= 0.6 is 0 Å². The van der Waals surface area contributed by atoms with Crippen molar-refractivity contribution in [2.24, 2.45) is 0 Å². The third-order valence-electron chi connectivity index (χ3n) is 6.47. The van der Waals surface area contributed by atoms with E-state index in [1.807, 2.05) is 24.3 Å². The van der Waals surface area contributed by atoms with E-state index in [0.29, 0.717) is 17.3 Å². The molecule has 2 aliphatic rings. The molecular formula is C24H27N3O5. The van der Waals surface area contributed by atoms with Crippen LogP contribution in [0.3, 0.4) is 0 Å². The zero-order valence-electron chi connectivity index (χ0n) is 18.0. The van der Waals surface area contributed by atoms with Crippen LogP contribution in [0.15, 0.2) is 58.1 Å². The number of rotatable bonds is 5. The van der Waals surface area contributed by atoms with Gasteiger partial charge in [-0.15, -0.1) is 0 Å². The number of fused-ring (bicyclic) bond motifs is 2. The molecule has 8 nitrogen and oxygen atoms in total. The van der Waals surface area contributed by atoms with Gasteiger partial charge in [0.05, 0.1) is 37.2 Å². The first-order valence-electron chi connectivity index (χ1n) is 11.0. The number of benzene rings is 2. The molecule has 2 N–H and O–H groups in total. The second-order valence-corrected chi connectivity index (χ2v) is 8.63. The molecule has 3 aromatic rings. The second-order valence-electron chi connectivity index (χ2n) is 8.63. The normalized spacial score (nSPS) is 25.1. The lowest BCUT2D eigenvalue weighted by Crippen LogP contribution is -2.47. The highest BCUT2D eigenvalue weighted by atomic mass is 16.6. The summed E-state index contributed by atoms with van der Waals surface area (Å²) < 4.78 is 13.8. The highest BCUT2D eigenvalue weighted by molar-refractivity contribution is 5.77. The Morgan fingerprint density at radius 1 is 1.16 bits per heavy atom. The first-order valence-corrected chi connectivity index (χ1v) is 11.0. The zero-order chi connectivity index (χ0) is 22.3. The Hall–Kier alpha value is -2.94. The van der Waals surface area contributed by atoms with E-state index in [2.05, 4.69) is 5.32 Å². The summed E-state index contributed by atoms with van der Waals surface area (Å²) in [6, 6.07) is 14.5. The molecule has 0 saturated carbocycles. The average Bonchev–Trinajstić information content (AvgIpc) is 3.16. The Kier molecular flexibility index (Phi) is 5.36. The average molecular weight is 437 g/mol. The molecule has 8 heteroatoms. The summed E-state index contributed by atoms with van der Waals surface area (Å²) in [4.78, 5) is 26.7. The van der Waals surface area contributed by atoms with Gasteiger partial charge in [-0.1, -0.05) is 24.3 Å². The van der Waals surface area contributed by atoms with Gasteiger partial charge in [-0.25, -0.2) is 4.79 Å². The van der Waals surface area contributed by atoms with E-state index in [1.165, 1.54) is 0 Å². The van der Waals surface area contributed by atoms with Gasteiger partial charge >= 0.3 is 5.69 Å². The Labute approximate surface area is 185 Å². The van der Waals surface area contributed by atoms with Crippen LogP contribution in [0.5, 0.6) is 5.75 Å². The molecule has 0 amide bonds. The minimum Gasteiger partial charge on any atom is -0.497 e. The van der Waals surface area contributed by atoms with Gasteiger partial charge in [-0.05, 0) is 49.2 Å². The fourth-order valence-electron chi connectivity index (χ4n) is 4.87. The van der Waals surface area contributed by atoms with Crippen LogP contribution in [0.25, 0.3) is 10.9 Å². The summed E-state index contributed by atoms with van der Waals surface area (Å²) in [5.41, 5.74) is 0.569. The zero-order valence-corrected chi connectivity index (χ0v) is 18.0. The van der Waals surface area contributed by atoms with Crippen LogP contribution in [0.4, 0.5) is 0 Å². The van der Waals surface area contributed by atoms with Gasteiger partial charge in [0, 0.05) is 12.5 Å². The third kappa shape index (κ3) is 3.74. The number of para-hydroxylation sites is 1. The summed E-state index contributed by atoms with van der Waals surface area (Å²) in [6.07, 6.45) is 2.07. The van der Waals surface area contributed by atoms with Crippen molar-refractivity contribution >= 4 is 10.9 Å².